The fraction of sp³-hybridized carbons (Fsp3) is 0.500. The molecule has 1 atom stereocenters. The number of ether oxygens (including phenoxy) is 1. The van der Waals surface area contributed by atoms with Gasteiger partial charge in [-0.15, -0.1) is 0 Å². The largest absolute Gasteiger partial charge is 0.444 e. The molecule has 2 rings (SSSR count). The van der Waals surface area contributed by atoms with Crippen molar-refractivity contribution in [3.8, 4) is 0 Å². The molecule has 1 N–H and O–H groups in total. The van der Waals surface area contributed by atoms with Gasteiger partial charge in [-0.1, -0.05) is 28.1 Å². The van der Waals surface area contributed by atoms with Gasteiger partial charge in [-0.25, -0.2) is 4.79 Å². The summed E-state index contributed by atoms with van der Waals surface area (Å²) in [6.45, 7) is 5.60. The molecule has 18 heavy (non-hydrogen) atoms. The number of rotatable bonds is 1. The normalized spacial score (nSPS) is 18.3. The number of carbonyl (C=O) groups excluding carboxylic acids is 1. The van der Waals surface area contributed by atoms with Crippen LogP contribution in [0, 0.1) is 0 Å². The van der Waals surface area contributed by atoms with Gasteiger partial charge in [0.25, 0.3) is 0 Å². The highest BCUT2D eigenvalue weighted by Gasteiger charge is 2.27. The summed E-state index contributed by atoms with van der Waals surface area (Å²) in [4.78, 5) is 11.8. The number of benzene rings is 1. The van der Waals surface area contributed by atoms with E-state index in [9.17, 15) is 4.79 Å². The van der Waals surface area contributed by atoms with Crippen molar-refractivity contribution < 1.29 is 9.53 Å². The van der Waals surface area contributed by atoms with E-state index in [0.29, 0.717) is 0 Å². The zero-order valence-corrected chi connectivity index (χ0v) is 12.5. The number of aryl methyl sites for hydroxylation is 1. The van der Waals surface area contributed by atoms with Crippen LogP contribution < -0.4 is 5.32 Å². The number of hydrogen-bond acceptors (Lipinski definition) is 2. The van der Waals surface area contributed by atoms with Gasteiger partial charge in [-0.2, -0.15) is 0 Å². The van der Waals surface area contributed by atoms with E-state index in [0.717, 1.165) is 17.3 Å². The summed E-state index contributed by atoms with van der Waals surface area (Å²) in [7, 11) is 0. The molecule has 0 radical (unpaired) electrons. The minimum atomic E-state index is -0.459. The minimum absolute atomic E-state index is 0.0467. The molecule has 0 fully saturated rings. The highest BCUT2D eigenvalue weighted by Crippen LogP contribution is 2.36. The summed E-state index contributed by atoms with van der Waals surface area (Å²) in [6, 6.07) is 6.19. The van der Waals surface area contributed by atoms with Gasteiger partial charge in [-0.3, -0.25) is 0 Å². The van der Waals surface area contributed by atoms with Crippen LogP contribution in [0.5, 0.6) is 0 Å². The van der Waals surface area contributed by atoms with Crippen LogP contribution in [-0.2, 0) is 11.2 Å². The van der Waals surface area contributed by atoms with Crippen LogP contribution in [0.3, 0.4) is 0 Å². The van der Waals surface area contributed by atoms with E-state index in [1.54, 1.807) is 0 Å². The van der Waals surface area contributed by atoms with Gasteiger partial charge in [0, 0.05) is 4.47 Å². The molecule has 0 saturated carbocycles. The van der Waals surface area contributed by atoms with Gasteiger partial charge < -0.3 is 10.1 Å². The van der Waals surface area contributed by atoms with Crippen LogP contribution in [0.2, 0.25) is 0 Å². The third-order valence-electron chi connectivity index (χ3n) is 2.88. The molecule has 1 aromatic rings. The van der Waals surface area contributed by atoms with Crippen LogP contribution in [0.4, 0.5) is 4.79 Å². The molecule has 0 heterocycles. The number of amides is 1. The van der Waals surface area contributed by atoms with Crippen molar-refractivity contribution in [2.75, 3.05) is 0 Å². The van der Waals surface area contributed by atoms with Crippen molar-refractivity contribution in [3.63, 3.8) is 0 Å². The third kappa shape index (κ3) is 3.05. The summed E-state index contributed by atoms with van der Waals surface area (Å²) in [6.07, 6.45) is 1.57. The highest BCUT2D eigenvalue weighted by molar-refractivity contribution is 9.10. The second-order valence-electron chi connectivity index (χ2n) is 5.55. The molecule has 0 aromatic heterocycles. The van der Waals surface area contributed by atoms with E-state index in [4.69, 9.17) is 4.74 Å². The van der Waals surface area contributed by atoms with Gasteiger partial charge >= 0.3 is 6.09 Å². The van der Waals surface area contributed by atoms with Crippen LogP contribution in [0.25, 0.3) is 0 Å². The Kier molecular flexibility index (Phi) is 3.66. The summed E-state index contributed by atoms with van der Waals surface area (Å²) in [5, 5.41) is 2.94. The number of halogens is 1. The molecule has 0 saturated heterocycles. The quantitative estimate of drug-likeness (QED) is 0.852. The van der Waals surface area contributed by atoms with Crippen molar-refractivity contribution in [2.45, 2.75) is 45.3 Å². The van der Waals surface area contributed by atoms with E-state index >= 15 is 0 Å². The van der Waals surface area contributed by atoms with Gasteiger partial charge in [0.15, 0.2) is 0 Å². The zero-order valence-electron chi connectivity index (χ0n) is 10.9. The summed E-state index contributed by atoms with van der Waals surface area (Å²) in [5.41, 5.74) is 2.02. The van der Waals surface area contributed by atoms with Gasteiger partial charge in [0.2, 0.25) is 0 Å². The Morgan fingerprint density at radius 1 is 1.44 bits per heavy atom. The van der Waals surface area contributed by atoms with E-state index in [1.807, 2.05) is 32.9 Å². The average Bonchev–Trinajstić information content (AvgIpc) is 2.59. The summed E-state index contributed by atoms with van der Waals surface area (Å²) >= 11 is 3.55. The molecule has 0 bridgehead atoms. The Balaban J connectivity index is 2.08. The number of alkyl carbamates (subject to hydrolysis) is 1. The Morgan fingerprint density at radius 2 is 2.17 bits per heavy atom. The second-order valence-corrected chi connectivity index (χ2v) is 6.40. The Labute approximate surface area is 116 Å². The van der Waals surface area contributed by atoms with E-state index in [1.165, 1.54) is 11.1 Å². The van der Waals surface area contributed by atoms with Gasteiger partial charge in [0.1, 0.15) is 5.60 Å². The van der Waals surface area contributed by atoms with Gasteiger partial charge in [-0.05, 0) is 50.8 Å². The lowest BCUT2D eigenvalue weighted by atomic mass is 10.1. The first-order chi connectivity index (χ1) is 8.37. The first kappa shape index (κ1) is 13.4. The molecule has 1 aromatic carbocycles. The number of carbonyl (C=O) groups is 1. The molecule has 3 nitrogen and oxygen atoms in total. The second kappa shape index (κ2) is 4.92. The third-order valence-corrected chi connectivity index (χ3v) is 3.58. The topological polar surface area (TPSA) is 38.3 Å². The van der Waals surface area contributed by atoms with Gasteiger partial charge in [0.05, 0.1) is 6.04 Å². The highest BCUT2D eigenvalue weighted by atomic mass is 79.9. The molecule has 98 valence electrons. The Hall–Kier alpha value is -1.03. The fourth-order valence-corrected chi connectivity index (χ4v) is 2.91. The number of hydrogen-bond donors (Lipinski definition) is 1. The number of fused-ring (bicyclic) bond motifs is 1. The van der Waals surface area contributed by atoms with Crippen molar-refractivity contribution in [1.29, 1.82) is 0 Å². The monoisotopic (exact) mass is 311 g/mol. The Morgan fingerprint density at radius 3 is 2.83 bits per heavy atom. The van der Waals surface area contributed by atoms with Crippen molar-refractivity contribution in [2.24, 2.45) is 0 Å². The molecule has 1 aliphatic rings. The summed E-state index contributed by atoms with van der Waals surface area (Å²) in [5.74, 6) is 0. The molecular formula is C14H18BrNO2. The minimum Gasteiger partial charge on any atom is -0.444 e. The predicted molar refractivity (Wildman–Crippen MR) is 74.6 cm³/mol. The smallest absolute Gasteiger partial charge is 0.408 e. The molecule has 0 spiro atoms. The van der Waals surface area contributed by atoms with Crippen molar-refractivity contribution >= 4 is 22.0 Å². The van der Waals surface area contributed by atoms with Crippen LogP contribution >= 0.6 is 15.9 Å². The lowest BCUT2D eigenvalue weighted by Gasteiger charge is -2.22. The van der Waals surface area contributed by atoms with Crippen LogP contribution in [0.1, 0.15) is 44.4 Å². The lowest BCUT2D eigenvalue weighted by Crippen LogP contribution is -2.34. The maximum Gasteiger partial charge on any atom is 0.408 e. The molecule has 1 amide bonds. The first-order valence-electron chi connectivity index (χ1n) is 6.13. The van der Waals surface area contributed by atoms with E-state index in [2.05, 4.69) is 27.3 Å². The fourth-order valence-electron chi connectivity index (χ4n) is 2.23. The van der Waals surface area contributed by atoms with Crippen molar-refractivity contribution in [1.82, 2.24) is 5.32 Å². The zero-order chi connectivity index (χ0) is 13.3. The predicted octanol–water partition coefficient (Wildman–Crippen LogP) is 3.96. The Bertz CT molecular complexity index is 465. The van der Waals surface area contributed by atoms with Crippen LogP contribution in [0.15, 0.2) is 22.7 Å². The molecular weight excluding hydrogens is 294 g/mol. The lowest BCUT2D eigenvalue weighted by molar-refractivity contribution is 0.0503. The average molecular weight is 312 g/mol. The summed E-state index contributed by atoms with van der Waals surface area (Å²) < 4.78 is 6.34. The van der Waals surface area contributed by atoms with E-state index in [-0.39, 0.29) is 12.1 Å². The molecule has 1 aliphatic carbocycles. The molecule has 4 heteroatoms. The molecule has 0 unspecified atom stereocenters. The SMILES string of the molecule is CC(C)(C)OC(=O)N[C@H]1CCc2cccc(Br)c21. The molecule has 0 aliphatic heterocycles. The maximum absolute atomic E-state index is 11.8. The van der Waals surface area contributed by atoms with Crippen molar-refractivity contribution in [3.05, 3.63) is 33.8 Å². The standard InChI is InChI=1S/C14H18BrNO2/c1-14(2,3)18-13(17)16-11-8-7-9-5-4-6-10(15)12(9)11/h4-6,11H,7-8H2,1-3H3,(H,16,17)/t11-/m0/s1. The van der Waals surface area contributed by atoms with E-state index < -0.39 is 5.60 Å². The van der Waals surface area contributed by atoms with Crippen LogP contribution in [-0.4, -0.2) is 11.7 Å². The maximum atomic E-state index is 11.8. The number of nitrogens with one attached hydrogen (secondary N) is 1. The first-order valence-corrected chi connectivity index (χ1v) is 6.93.